The van der Waals surface area contributed by atoms with Crippen LogP contribution in [0.25, 0.3) is 0 Å². The molecule has 6 N–H and O–H groups in total. The van der Waals surface area contributed by atoms with Crippen LogP contribution in [0.2, 0.25) is 0 Å². The molecular weight excluding hydrogens is 228 g/mol. The van der Waals surface area contributed by atoms with Crippen LogP contribution in [0.4, 0.5) is 0 Å². The van der Waals surface area contributed by atoms with Crippen LogP contribution in [0.5, 0.6) is 11.5 Å². The molecule has 0 unspecified atom stereocenters. The van der Waals surface area contributed by atoms with Crippen molar-refractivity contribution in [3.05, 3.63) is 59.7 Å². The van der Waals surface area contributed by atoms with Gasteiger partial charge in [0, 0.05) is 13.1 Å². The summed E-state index contributed by atoms with van der Waals surface area (Å²) in [5.74, 6) is 0.569. The standard InChI is InChI=1S/2C7H9NO/c2*8-5-6-1-3-7(9)4-2-6/h2*1-4,9H,5,8H2. The van der Waals surface area contributed by atoms with Gasteiger partial charge in [0.2, 0.25) is 0 Å². The van der Waals surface area contributed by atoms with E-state index < -0.39 is 0 Å². The van der Waals surface area contributed by atoms with Crippen LogP contribution >= 0.6 is 0 Å². The molecule has 0 heterocycles. The van der Waals surface area contributed by atoms with E-state index in [1.807, 2.05) is 0 Å². The zero-order valence-electron chi connectivity index (χ0n) is 10.1. The first-order valence-corrected chi connectivity index (χ1v) is 5.61. The topological polar surface area (TPSA) is 92.5 Å². The Kier molecular flexibility index (Phi) is 5.70. The number of hydrogen-bond acceptors (Lipinski definition) is 4. The molecule has 0 bridgehead atoms. The highest BCUT2D eigenvalue weighted by Crippen LogP contribution is 2.08. The molecule has 0 spiro atoms. The minimum Gasteiger partial charge on any atom is -0.508 e. The highest BCUT2D eigenvalue weighted by Gasteiger charge is 1.87. The molecule has 0 atom stereocenters. The molecule has 4 nitrogen and oxygen atoms in total. The van der Waals surface area contributed by atoms with Crippen molar-refractivity contribution in [3.63, 3.8) is 0 Å². The Morgan fingerprint density at radius 2 is 0.889 bits per heavy atom. The van der Waals surface area contributed by atoms with Gasteiger partial charge in [0.25, 0.3) is 0 Å². The molecule has 0 aliphatic rings. The maximum atomic E-state index is 8.81. The van der Waals surface area contributed by atoms with Gasteiger partial charge < -0.3 is 21.7 Å². The molecule has 0 aliphatic heterocycles. The fourth-order valence-electron chi connectivity index (χ4n) is 1.26. The van der Waals surface area contributed by atoms with Crippen LogP contribution < -0.4 is 11.5 Å². The number of aromatic hydroxyl groups is 2. The van der Waals surface area contributed by atoms with Gasteiger partial charge in [-0.1, -0.05) is 24.3 Å². The van der Waals surface area contributed by atoms with Crippen molar-refractivity contribution in [2.45, 2.75) is 13.1 Å². The highest BCUT2D eigenvalue weighted by molar-refractivity contribution is 5.26. The first-order valence-electron chi connectivity index (χ1n) is 5.61. The normalized spacial score (nSPS) is 9.44. The third-order valence-electron chi connectivity index (χ3n) is 2.34. The van der Waals surface area contributed by atoms with E-state index in [0.29, 0.717) is 13.1 Å². The second-order valence-electron chi connectivity index (χ2n) is 3.74. The Hall–Kier alpha value is -2.04. The Labute approximate surface area is 106 Å². The molecule has 0 saturated carbocycles. The number of hydrogen-bond donors (Lipinski definition) is 4. The van der Waals surface area contributed by atoms with Crippen molar-refractivity contribution >= 4 is 0 Å². The summed E-state index contributed by atoms with van der Waals surface area (Å²) in [6, 6.07) is 13.7. The van der Waals surface area contributed by atoms with Crippen LogP contribution in [-0.4, -0.2) is 10.2 Å². The molecule has 0 radical (unpaired) electrons. The van der Waals surface area contributed by atoms with Gasteiger partial charge in [0.05, 0.1) is 0 Å². The van der Waals surface area contributed by atoms with Crippen molar-refractivity contribution in [2.75, 3.05) is 0 Å². The minimum atomic E-state index is 0.284. The molecular formula is C14H18N2O2. The molecule has 18 heavy (non-hydrogen) atoms. The van der Waals surface area contributed by atoms with Crippen molar-refractivity contribution in [2.24, 2.45) is 11.5 Å². The molecule has 0 amide bonds. The summed E-state index contributed by atoms with van der Waals surface area (Å²) < 4.78 is 0. The van der Waals surface area contributed by atoms with Crippen molar-refractivity contribution in [1.82, 2.24) is 0 Å². The summed E-state index contributed by atoms with van der Waals surface area (Å²) in [7, 11) is 0. The van der Waals surface area contributed by atoms with Gasteiger partial charge in [0.1, 0.15) is 11.5 Å². The zero-order valence-corrected chi connectivity index (χ0v) is 10.1. The Morgan fingerprint density at radius 3 is 1.11 bits per heavy atom. The largest absolute Gasteiger partial charge is 0.508 e. The Bertz CT molecular complexity index is 407. The van der Waals surface area contributed by atoms with E-state index >= 15 is 0 Å². The summed E-state index contributed by atoms with van der Waals surface area (Å²) in [5.41, 5.74) is 12.7. The Morgan fingerprint density at radius 1 is 0.611 bits per heavy atom. The lowest BCUT2D eigenvalue weighted by Gasteiger charge is -1.93. The second kappa shape index (κ2) is 7.32. The Balaban J connectivity index is 0.000000180. The number of benzene rings is 2. The monoisotopic (exact) mass is 246 g/mol. The summed E-state index contributed by atoms with van der Waals surface area (Å²) in [6.45, 7) is 1.06. The minimum absolute atomic E-state index is 0.284. The van der Waals surface area contributed by atoms with E-state index in [-0.39, 0.29) is 11.5 Å². The lowest BCUT2D eigenvalue weighted by Crippen LogP contribution is -1.94. The SMILES string of the molecule is NCc1ccc(O)cc1.NCc1ccc(O)cc1. The van der Waals surface area contributed by atoms with Gasteiger partial charge in [-0.25, -0.2) is 0 Å². The van der Waals surface area contributed by atoms with Crippen LogP contribution in [0.3, 0.4) is 0 Å². The maximum absolute atomic E-state index is 8.81. The first-order chi connectivity index (χ1) is 8.65. The summed E-state index contributed by atoms with van der Waals surface area (Å²) in [4.78, 5) is 0. The predicted molar refractivity (Wildman–Crippen MR) is 72.0 cm³/mol. The van der Waals surface area contributed by atoms with Crippen LogP contribution in [-0.2, 0) is 13.1 Å². The van der Waals surface area contributed by atoms with Crippen molar-refractivity contribution < 1.29 is 10.2 Å². The van der Waals surface area contributed by atoms with Crippen LogP contribution in [0.15, 0.2) is 48.5 Å². The number of phenolic OH excluding ortho intramolecular Hbond substituents is 2. The fourth-order valence-corrected chi connectivity index (χ4v) is 1.26. The molecule has 0 saturated heterocycles. The molecule has 4 heteroatoms. The molecule has 2 rings (SSSR count). The average Bonchev–Trinajstić information content (AvgIpc) is 2.41. The summed E-state index contributed by atoms with van der Waals surface area (Å²) in [6.07, 6.45) is 0. The third-order valence-corrected chi connectivity index (χ3v) is 2.34. The first kappa shape index (κ1) is 14.0. The third kappa shape index (κ3) is 4.86. The van der Waals surface area contributed by atoms with Crippen molar-refractivity contribution in [3.8, 4) is 11.5 Å². The lowest BCUT2D eigenvalue weighted by atomic mass is 10.2. The highest BCUT2D eigenvalue weighted by atomic mass is 16.3. The van der Waals surface area contributed by atoms with Crippen LogP contribution in [0, 0.1) is 0 Å². The van der Waals surface area contributed by atoms with E-state index in [2.05, 4.69) is 0 Å². The number of rotatable bonds is 2. The van der Waals surface area contributed by atoms with Gasteiger partial charge in [-0.05, 0) is 35.4 Å². The summed E-state index contributed by atoms with van der Waals surface area (Å²) in [5, 5.41) is 17.6. The van der Waals surface area contributed by atoms with E-state index in [9.17, 15) is 0 Å². The van der Waals surface area contributed by atoms with Gasteiger partial charge >= 0.3 is 0 Å². The van der Waals surface area contributed by atoms with Gasteiger partial charge in [-0.2, -0.15) is 0 Å². The molecule has 0 fully saturated rings. The van der Waals surface area contributed by atoms with E-state index in [4.69, 9.17) is 21.7 Å². The molecule has 0 aromatic heterocycles. The van der Waals surface area contributed by atoms with Gasteiger partial charge in [0.15, 0.2) is 0 Å². The summed E-state index contributed by atoms with van der Waals surface area (Å²) >= 11 is 0. The zero-order chi connectivity index (χ0) is 13.4. The lowest BCUT2D eigenvalue weighted by molar-refractivity contribution is 0.474. The number of phenols is 2. The van der Waals surface area contributed by atoms with Gasteiger partial charge in [-0.3, -0.25) is 0 Å². The molecule has 2 aromatic rings. The average molecular weight is 246 g/mol. The van der Waals surface area contributed by atoms with Gasteiger partial charge in [-0.15, -0.1) is 0 Å². The van der Waals surface area contributed by atoms with Crippen LogP contribution in [0.1, 0.15) is 11.1 Å². The second-order valence-corrected chi connectivity index (χ2v) is 3.74. The smallest absolute Gasteiger partial charge is 0.115 e. The van der Waals surface area contributed by atoms with E-state index in [1.54, 1.807) is 48.5 Å². The molecule has 0 aliphatic carbocycles. The van der Waals surface area contributed by atoms with E-state index in [0.717, 1.165) is 11.1 Å². The predicted octanol–water partition coefficient (Wildman–Crippen LogP) is 1.70. The van der Waals surface area contributed by atoms with E-state index in [1.165, 1.54) is 0 Å². The fraction of sp³-hybridized carbons (Fsp3) is 0.143. The quantitative estimate of drug-likeness (QED) is 0.649. The number of nitrogens with two attached hydrogens (primary N) is 2. The maximum Gasteiger partial charge on any atom is 0.115 e. The van der Waals surface area contributed by atoms with Crippen molar-refractivity contribution in [1.29, 1.82) is 0 Å². The molecule has 96 valence electrons. The molecule has 2 aromatic carbocycles.